The Balaban J connectivity index is 2.01. The molecule has 2 nitrogen and oxygen atoms in total. The largest absolute Gasteiger partial charge is 0.383 e. The highest BCUT2D eigenvalue weighted by Gasteiger charge is 2.35. The third-order valence-corrected chi connectivity index (χ3v) is 3.18. The van der Waals surface area contributed by atoms with Crippen molar-refractivity contribution >= 4 is 0 Å². The Labute approximate surface area is 91.9 Å². The Kier molecular flexibility index (Phi) is 3.39. The van der Waals surface area contributed by atoms with Crippen LogP contribution in [0.5, 0.6) is 0 Å². The number of ether oxygens (including phenoxy) is 1. The van der Waals surface area contributed by atoms with E-state index in [9.17, 15) is 0 Å². The number of methoxy groups -OCH3 is 1. The van der Waals surface area contributed by atoms with E-state index in [1.807, 2.05) is 0 Å². The van der Waals surface area contributed by atoms with Crippen LogP contribution in [0.2, 0.25) is 0 Å². The predicted molar refractivity (Wildman–Crippen MR) is 61.8 cm³/mol. The molecular formula is C13H19NO. The first kappa shape index (κ1) is 10.7. The summed E-state index contributed by atoms with van der Waals surface area (Å²) >= 11 is 0. The minimum atomic E-state index is 0.598. The van der Waals surface area contributed by atoms with Gasteiger partial charge in [0.05, 0.1) is 6.61 Å². The van der Waals surface area contributed by atoms with Crippen molar-refractivity contribution in [1.29, 1.82) is 0 Å². The standard InChI is InChI=1S/C13H19NO/c1-11-10-14(8-9-15-2)13(11)12-6-4-3-5-7-12/h3-7,11,13H,8-10H2,1-2H3/t11-,13+/m1/s1. The van der Waals surface area contributed by atoms with Gasteiger partial charge in [0.15, 0.2) is 0 Å². The summed E-state index contributed by atoms with van der Waals surface area (Å²) in [6, 6.07) is 11.4. The molecule has 0 N–H and O–H groups in total. The average molecular weight is 205 g/mol. The van der Waals surface area contributed by atoms with Crippen LogP contribution in [0, 0.1) is 5.92 Å². The molecule has 0 bridgehead atoms. The second kappa shape index (κ2) is 4.77. The summed E-state index contributed by atoms with van der Waals surface area (Å²) in [5.74, 6) is 0.768. The van der Waals surface area contributed by atoms with Gasteiger partial charge in [-0.25, -0.2) is 0 Å². The molecule has 0 aliphatic carbocycles. The van der Waals surface area contributed by atoms with Crippen molar-refractivity contribution in [2.24, 2.45) is 5.92 Å². The van der Waals surface area contributed by atoms with Gasteiger partial charge in [-0.2, -0.15) is 0 Å². The third kappa shape index (κ3) is 2.21. The molecule has 2 heteroatoms. The molecule has 1 fully saturated rings. The van der Waals surface area contributed by atoms with Crippen LogP contribution in [-0.2, 0) is 4.74 Å². The van der Waals surface area contributed by atoms with Crippen molar-refractivity contribution in [3.05, 3.63) is 35.9 Å². The number of rotatable bonds is 4. The van der Waals surface area contributed by atoms with Crippen LogP contribution in [-0.4, -0.2) is 31.7 Å². The molecular weight excluding hydrogens is 186 g/mol. The number of nitrogens with zero attached hydrogens (tertiary/aromatic N) is 1. The van der Waals surface area contributed by atoms with Gasteiger partial charge >= 0.3 is 0 Å². The Hall–Kier alpha value is -0.860. The molecule has 1 aliphatic rings. The highest BCUT2D eigenvalue weighted by atomic mass is 16.5. The minimum absolute atomic E-state index is 0.598. The summed E-state index contributed by atoms with van der Waals surface area (Å²) in [4.78, 5) is 2.49. The molecule has 82 valence electrons. The molecule has 2 rings (SSSR count). The van der Waals surface area contributed by atoms with Crippen molar-refractivity contribution in [3.8, 4) is 0 Å². The van der Waals surface area contributed by atoms with E-state index in [1.165, 1.54) is 12.1 Å². The lowest BCUT2D eigenvalue weighted by Gasteiger charge is -2.47. The summed E-state index contributed by atoms with van der Waals surface area (Å²) in [7, 11) is 1.76. The van der Waals surface area contributed by atoms with E-state index in [0.29, 0.717) is 6.04 Å². The van der Waals surface area contributed by atoms with Gasteiger partial charge in [-0.1, -0.05) is 37.3 Å². The van der Waals surface area contributed by atoms with E-state index in [1.54, 1.807) is 7.11 Å². The maximum atomic E-state index is 5.13. The average Bonchev–Trinajstić information content (AvgIpc) is 2.25. The van der Waals surface area contributed by atoms with Crippen molar-refractivity contribution in [1.82, 2.24) is 4.90 Å². The molecule has 2 atom stereocenters. The van der Waals surface area contributed by atoms with Gasteiger partial charge in [-0.3, -0.25) is 4.90 Å². The van der Waals surface area contributed by atoms with Crippen LogP contribution < -0.4 is 0 Å². The van der Waals surface area contributed by atoms with Gasteiger partial charge in [-0.05, 0) is 11.5 Å². The lowest BCUT2D eigenvalue weighted by Crippen LogP contribution is -2.49. The van der Waals surface area contributed by atoms with Crippen LogP contribution in [0.3, 0.4) is 0 Å². The summed E-state index contributed by atoms with van der Waals surface area (Å²) in [6.07, 6.45) is 0. The second-order valence-electron chi connectivity index (χ2n) is 4.32. The van der Waals surface area contributed by atoms with E-state index in [-0.39, 0.29) is 0 Å². The summed E-state index contributed by atoms with van der Waals surface area (Å²) < 4.78 is 5.13. The number of likely N-dealkylation sites (tertiary alicyclic amines) is 1. The molecule has 0 aromatic heterocycles. The zero-order chi connectivity index (χ0) is 10.7. The molecule has 0 radical (unpaired) electrons. The van der Waals surface area contributed by atoms with Gasteiger partial charge in [0, 0.05) is 26.2 Å². The number of benzene rings is 1. The highest BCUT2D eigenvalue weighted by molar-refractivity contribution is 5.22. The maximum Gasteiger partial charge on any atom is 0.0589 e. The van der Waals surface area contributed by atoms with Crippen LogP contribution in [0.4, 0.5) is 0 Å². The molecule has 1 aromatic rings. The van der Waals surface area contributed by atoms with Crippen molar-refractivity contribution < 1.29 is 4.74 Å². The monoisotopic (exact) mass is 205 g/mol. The van der Waals surface area contributed by atoms with Crippen molar-refractivity contribution in [2.75, 3.05) is 26.8 Å². The Morgan fingerprint density at radius 1 is 1.33 bits per heavy atom. The Morgan fingerprint density at radius 2 is 2.07 bits per heavy atom. The van der Waals surface area contributed by atoms with E-state index in [2.05, 4.69) is 42.2 Å². The van der Waals surface area contributed by atoms with Gasteiger partial charge < -0.3 is 4.74 Å². The summed E-state index contributed by atoms with van der Waals surface area (Å²) in [5, 5.41) is 0. The lowest BCUT2D eigenvalue weighted by molar-refractivity contribution is 0.00402. The number of hydrogen-bond acceptors (Lipinski definition) is 2. The predicted octanol–water partition coefficient (Wildman–Crippen LogP) is 2.33. The second-order valence-corrected chi connectivity index (χ2v) is 4.32. The van der Waals surface area contributed by atoms with E-state index >= 15 is 0 Å². The Morgan fingerprint density at radius 3 is 2.67 bits per heavy atom. The molecule has 1 aromatic carbocycles. The van der Waals surface area contributed by atoms with Gasteiger partial charge in [0.1, 0.15) is 0 Å². The van der Waals surface area contributed by atoms with Gasteiger partial charge in [0.2, 0.25) is 0 Å². The lowest BCUT2D eigenvalue weighted by atomic mass is 9.85. The van der Waals surface area contributed by atoms with Crippen molar-refractivity contribution in [3.63, 3.8) is 0 Å². The van der Waals surface area contributed by atoms with Gasteiger partial charge in [0.25, 0.3) is 0 Å². The zero-order valence-electron chi connectivity index (χ0n) is 9.52. The normalized spacial score (nSPS) is 26.3. The molecule has 0 saturated carbocycles. The summed E-state index contributed by atoms with van der Waals surface area (Å²) in [5.41, 5.74) is 1.44. The number of hydrogen-bond donors (Lipinski definition) is 0. The van der Waals surface area contributed by atoms with Crippen molar-refractivity contribution in [2.45, 2.75) is 13.0 Å². The smallest absolute Gasteiger partial charge is 0.0589 e. The first-order valence-corrected chi connectivity index (χ1v) is 5.61. The zero-order valence-corrected chi connectivity index (χ0v) is 9.52. The van der Waals surface area contributed by atoms with Crippen LogP contribution in [0.15, 0.2) is 30.3 Å². The minimum Gasteiger partial charge on any atom is -0.383 e. The maximum absolute atomic E-state index is 5.13. The van der Waals surface area contributed by atoms with Crippen LogP contribution in [0.1, 0.15) is 18.5 Å². The fraction of sp³-hybridized carbons (Fsp3) is 0.538. The first-order valence-electron chi connectivity index (χ1n) is 5.61. The molecule has 0 spiro atoms. The van der Waals surface area contributed by atoms with Crippen LogP contribution in [0.25, 0.3) is 0 Å². The SMILES string of the molecule is COCCN1C[C@@H](C)[C@H]1c1ccccc1. The van der Waals surface area contributed by atoms with E-state index in [0.717, 1.165) is 19.1 Å². The van der Waals surface area contributed by atoms with Crippen LogP contribution >= 0.6 is 0 Å². The first-order chi connectivity index (χ1) is 7.33. The van der Waals surface area contributed by atoms with E-state index in [4.69, 9.17) is 4.74 Å². The van der Waals surface area contributed by atoms with Gasteiger partial charge in [-0.15, -0.1) is 0 Å². The Bertz CT molecular complexity index is 299. The molecule has 0 unspecified atom stereocenters. The fourth-order valence-corrected chi connectivity index (χ4v) is 2.43. The molecule has 1 heterocycles. The molecule has 0 amide bonds. The molecule has 15 heavy (non-hydrogen) atoms. The molecule has 1 saturated heterocycles. The highest BCUT2D eigenvalue weighted by Crippen LogP contribution is 2.37. The fourth-order valence-electron chi connectivity index (χ4n) is 2.43. The van der Waals surface area contributed by atoms with E-state index < -0.39 is 0 Å². The topological polar surface area (TPSA) is 12.5 Å². The summed E-state index contributed by atoms with van der Waals surface area (Å²) in [6.45, 7) is 5.39. The third-order valence-electron chi connectivity index (χ3n) is 3.18. The quantitative estimate of drug-likeness (QED) is 0.748. The molecule has 1 aliphatic heterocycles.